The number of hydrogen-bond acceptors (Lipinski definition) is 6. The number of imidazole rings is 1. The van der Waals surface area contributed by atoms with Gasteiger partial charge < -0.3 is 11.1 Å². The number of pyridine rings is 1. The highest BCUT2D eigenvalue weighted by Gasteiger charge is 2.17. The maximum atomic E-state index is 11.0. The molecule has 4 aromatic rings. The Morgan fingerprint density at radius 1 is 1.12 bits per heavy atom. The Morgan fingerprint density at radius 2 is 1.91 bits per heavy atom. The Bertz CT molecular complexity index is 1250. The zero-order valence-electron chi connectivity index (χ0n) is 18.1. The van der Waals surface area contributed by atoms with Crippen molar-refractivity contribution in [2.24, 2.45) is 5.73 Å². The number of aldehydes is 1. The fraction of sp³-hybridized carbons (Fsp3) is 0.217. The van der Waals surface area contributed by atoms with Crippen LogP contribution in [0.3, 0.4) is 0 Å². The molecule has 0 bridgehead atoms. The van der Waals surface area contributed by atoms with Crippen LogP contribution in [-0.4, -0.2) is 32.7 Å². The van der Waals surface area contributed by atoms with Gasteiger partial charge in [-0.05, 0) is 51.2 Å². The van der Waals surface area contributed by atoms with Gasteiger partial charge in [0, 0.05) is 46.8 Å². The number of carbonyl (C=O) groups excluding carboxylic acids is 1. The minimum absolute atomic E-state index is 0.289. The Balaban J connectivity index is 0.000000243. The van der Waals surface area contributed by atoms with Crippen molar-refractivity contribution in [1.29, 1.82) is 0 Å². The maximum absolute atomic E-state index is 11.0. The molecule has 4 rings (SSSR count). The number of aromatic nitrogens is 4. The minimum Gasteiger partial charge on any atom is -0.326 e. The van der Waals surface area contributed by atoms with Crippen molar-refractivity contribution in [1.82, 2.24) is 24.7 Å². The molecule has 0 fully saturated rings. The van der Waals surface area contributed by atoms with E-state index in [4.69, 9.17) is 28.9 Å². The van der Waals surface area contributed by atoms with Crippen LogP contribution in [0.4, 0.5) is 0 Å². The number of nitrogens with two attached hydrogens (primary N) is 1. The van der Waals surface area contributed by atoms with Crippen LogP contribution in [0.1, 0.15) is 33.1 Å². The van der Waals surface area contributed by atoms with Crippen LogP contribution in [0.2, 0.25) is 10.0 Å². The van der Waals surface area contributed by atoms with Gasteiger partial charge in [0.2, 0.25) is 5.78 Å². The van der Waals surface area contributed by atoms with E-state index >= 15 is 0 Å². The molecule has 0 aliphatic rings. The number of carbonyl (C=O) groups is 1. The quantitative estimate of drug-likeness (QED) is 0.419. The van der Waals surface area contributed by atoms with E-state index < -0.39 is 0 Å². The molecule has 0 aliphatic heterocycles. The van der Waals surface area contributed by atoms with E-state index in [0.717, 1.165) is 40.4 Å². The Morgan fingerprint density at radius 3 is 2.53 bits per heavy atom. The Hall–Kier alpha value is -2.84. The van der Waals surface area contributed by atoms with E-state index in [1.165, 1.54) is 0 Å². The van der Waals surface area contributed by atoms with E-state index in [-0.39, 0.29) is 6.54 Å². The Kier molecular flexibility index (Phi) is 7.93. The van der Waals surface area contributed by atoms with Crippen LogP contribution in [0.5, 0.6) is 0 Å². The molecule has 3 N–H and O–H groups in total. The van der Waals surface area contributed by atoms with Gasteiger partial charge in [0.15, 0.2) is 6.29 Å². The Labute approximate surface area is 196 Å². The molecule has 0 saturated heterocycles. The molecule has 166 valence electrons. The van der Waals surface area contributed by atoms with Crippen molar-refractivity contribution < 1.29 is 4.79 Å². The van der Waals surface area contributed by atoms with Crippen LogP contribution in [0, 0.1) is 13.8 Å². The molecule has 0 amide bonds. The molecule has 0 unspecified atom stereocenters. The summed E-state index contributed by atoms with van der Waals surface area (Å²) in [4.78, 5) is 23.9. The molecule has 7 nitrogen and oxygen atoms in total. The summed E-state index contributed by atoms with van der Waals surface area (Å²) in [6.45, 7) is 4.99. The smallest absolute Gasteiger partial charge is 0.235 e. The van der Waals surface area contributed by atoms with Gasteiger partial charge in [-0.3, -0.25) is 14.2 Å². The van der Waals surface area contributed by atoms with Crippen LogP contribution >= 0.6 is 23.2 Å². The van der Waals surface area contributed by atoms with Gasteiger partial charge in [0.25, 0.3) is 0 Å². The van der Waals surface area contributed by atoms with Crippen LogP contribution in [0.15, 0.2) is 42.6 Å². The van der Waals surface area contributed by atoms with Crippen LogP contribution in [-0.2, 0) is 13.1 Å². The van der Waals surface area contributed by atoms with Gasteiger partial charge in [-0.1, -0.05) is 29.3 Å². The summed E-state index contributed by atoms with van der Waals surface area (Å²) in [5, 5.41) is 4.09. The third-order valence-electron chi connectivity index (χ3n) is 4.75. The summed E-state index contributed by atoms with van der Waals surface area (Å²) in [5.41, 5.74) is 11.5. The van der Waals surface area contributed by atoms with Gasteiger partial charge in [-0.15, -0.1) is 0 Å². The molecule has 9 heteroatoms. The van der Waals surface area contributed by atoms with Crippen LogP contribution in [0.25, 0.3) is 17.0 Å². The molecule has 0 spiro atoms. The molecule has 1 aromatic carbocycles. The van der Waals surface area contributed by atoms with E-state index in [9.17, 15) is 4.79 Å². The van der Waals surface area contributed by atoms with Crippen LogP contribution < -0.4 is 11.1 Å². The van der Waals surface area contributed by atoms with E-state index in [1.807, 2.05) is 45.2 Å². The first-order valence-corrected chi connectivity index (χ1v) is 10.7. The van der Waals surface area contributed by atoms with E-state index in [0.29, 0.717) is 27.8 Å². The second-order valence-corrected chi connectivity index (χ2v) is 7.95. The van der Waals surface area contributed by atoms with Crippen molar-refractivity contribution in [3.05, 3.63) is 81.0 Å². The number of nitrogens with zero attached hydrogens (tertiary/aromatic N) is 4. The van der Waals surface area contributed by atoms with Gasteiger partial charge in [-0.2, -0.15) is 0 Å². The number of rotatable bonds is 5. The molecule has 3 aromatic heterocycles. The zero-order chi connectivity index (χ0) is 23.3. The highest BCUT2D eigenvalue weighted by molar-refractivity contribution is 6.36. The SMILES string of the molecule is CNCc1cccc(C)n1.Cc1nc2nc(C=O)cn2c(-c2ccc(Cl)cc2Cl)c1CN. The number of benzene rings is 1. The number of hydrogen-bond donors (Lipinski definition) is 2. The lowest BCUT2D eigenvalue weighted by molar-refractivity contribution is 0.111. The molecular formula is C23H24Cl2N6O. The van der Waals surface area contributed by atoms with Crippen molar-refractivity contribution in [2.45, 2.75) is 26.9 Å². The topological polar surface area (TPSA) is 98.2 Å². The van der Waals surface area contributed by atoms with E-state index in [2.05, 4.69) is 20.3 Å². The number of halogens is 2. The predicted molar refractivity (Wildman–Crippen MR) is 128 cm³/mol. The van der Waals surface area contributed by atoms with Crippen molar-refractivity contribution in [2.75, 3.05) is 7.05 Å². The van der Waals surface area contributed by atoms with Crippen molar-refractivity contribution in [3.8, 4) is 11.3 Å². The average molecular weight is 471 g/mol. The minimum atomic E-state index is 0.289. The van der Waals surface area contributed by atoms with Crippen molar-refractivity contribution in [3.63, 3.8) is 0 Å². The summed E-state index contributed by atoms with van der Waals surface area (Å²) in [6.07, 6.45) is 2.30. The molecule has 3 heterocycles. The second kappa shape index (κ2) is 10.7. The fourth-order valence-corrected chi connectivity index (χ4v) is 3.82. The summed E-state index contributed by atoms with van der Waals surface area (Å²) in [7, 11) is 1.92. The largest absolute Gasteiger partial charge is 0.326 e. The predicted octanol–water partition coefficient (Wildman–Crippen LogP) is 4.39. The lowest BCUT2D eigenvalue weighted by atomic mass is 10.0. The third kappa shape index (κ3) is 5.31. The third-order valence-corrected chi connectivity index (χ3v) is 5.30. The van der Waals surface area contributed by atoms with Gasteiger partial charge in [0.1, 0.15) is 5.69 Å². The highest BCUT2D eigenvalue weighted by Crippen LogP contribution is 2.33. The number of aryl methyl sites for hydroxylation is 2. The summed E-state index contributed by atoms with van der Waals surface area (Å²) >= 11 is 12.3. The lowest BCUT2D eigenvalue weighted by Gasteiger charge is -2.14. The van der Waals surface area contributed by atoms with Gasteiger partial charge in [0.05, 0.1) is 16.4 Å². The highest BCUT2D eigenvalue weighted by atomic mass is 35.5. The molecule has 0 saturated carbocycles. The van der Waals surface area contributed by atoms with Gasteiger partial charge >= 0.3 is 0 Å². The first kappa shape index (κ1) is 23.8. The fourth-order valence-electron chi connectivity index (χ4n) is 3.32. The standard InChI is InChI=1S/C15H12Cl2N4O.C8H12N2/c1-8-12(5-18)14(11-3-2-9(16)4-13(11)17)21-6-10(7-22)20-15(21)19-8;1-7-4-3-5-8(10-7)6-9-2/h2-4,6-7H,5,18H2,1H3;3-5,9H,6H2,1-2H3. The molecular weight excluding hydrogens is 447 g/mol. The van der Waals surface area contributed by atoms with Crippen molar-refractivity contribution >= 4 is 35.3 Å². The number of fused-ring (bicyclic) bond motifs is 1. The average Bonchev–Trinajstić information content (AvgIpc) is 3.16. The monoisotopic (exact) mass is 470 g/mol. The number of nitrogens with one attached hydrogen (secondary N) is 1. The summed E-state index contributed by atoms with van der Waals surface area (Å²) in [6, 6.07) is 11.3. The molecule has 0 radical (unpaired) electrons. The van der Waals surface area contributed by atoms with E-state index in [1.54, 1.807) is 22.7 Å². The normalized spacial score (nSPS) is 10.7. The summed E-state index contributed by atoms with van der Waals surface area (Å²) in [5.74, 6) is 0.429. The first-order chi connectivity index (χ1) is 15.4. The molecule has 32 heavy (non-hydrogen) atoms. The maximum Gasteiger partial charge on any atom is 0.235 e. The van der Waals surface area contributed by atoms with Gasteiger partial charge in [-0.25, -0.2) is 9.97 Å². The second-order valence-electron chi connectivity index (χ2n) is 7.11. The lowest BCUT2D eigenvalue weighted by Crippen LogP contribution is -2.08. The zero-order valence-corrected chi connectivity index (χ0v) is 19.6. The summed E-state index contributed by atoms with van der Waals surface area (Å²) < 4.78 is 1.73. The first-order valence-electron chi connectivity index (χ1n) is 9.94. The molecule has 0 atom stereocenters. The molecule has 0 aliphatic carbocycles.